The van der Waals surface area contributed by atoms with Gasteiger partial charge < -0.3 is 24.8 Å². The molecule has 2 N–H and O–H groups in total. The Labute approximate surface area is 112 Å². The summed E-state index contributed by atoms with van der Waals surface area (Å²) >= 11 is 0. The van der Waals surface area contributed by atoms with Crippen LogP contribution >= 0.6 is 0 Å². The molecular formula is C13H18N2O4. The molecule has 19 heavy (non-hydrogen) atoms. The summed E-state index contributed by atoms with van der Waals surface area (Å²) in [5, 5.41) is 5.79. The molecule has 1 aromatic carbocycles. The molecular weight excluding hydrogens is 248 g/mol. The van der Waals surface area contributed by atoms with Gasteiger partial charge in [-0.3, -0.25) is 4.79 Å². The van der Waals surface area contributed by atoms with Crippen molar-refractivity contribution in [3.63, 3.8) is 0 Å². The van der Waals surface area contributed by atoms with Crippen molar-refractivity contribution in [3.8, 4) is 17.2 Å². The van der Waals surface area contributed by atoms with Crippen LogP contribution in [0.2, 0.25) is 0 Å². The minimum absolute atomic E-state index is 0.0183. The lowest BCUT2D eigenvalue weighted by molar-refractivity contribution is -0.120. The second kappa shape index (κ2) is 6.29. The summed E-state index contributed by atoms with van der Waals surface area (Å²) in [4.78, 5) is 11.3. The lowest BCUT2D eigenvalue weighted by Gasteiger charge is -2.09. The molecule has 0 aromatic heterocycles. The van der Waals surface area contributed by atoms with Crippen molar-refractivity contribution in [1.29, 1.82) is 0 Å². The smallest absolute Gasteiger partial charge is 0.233 e. The molecule has 1 aromatic rings. The van der Waals surface area contributed by atoms with E-state index in [1.54, 1.807) is 7.11 Å². The van der Waals surface area contributed by atoms with Gasteiger partial charge in [-0.1, -0.05) is 0 Å². The number of rotatable bonds is 6. The standard InChI is InChI=1S/C13H18N2O4/c1-3-15-12(16)7-14-6-9-4-10(17-2)13-11(5-9)18-8-19-13/h4-5,14H,3,6-8H2,1-2H3,(H,15,16). The molecule has 1 aliphatic rings. The lowest BCUT2D eigenvalue weighted by atomic mass is 10.2. The number of carbonyl (C=O) groups excluding carboxylic acids is 1. The maximum absolute atomic E-state index is 11.3. The van der Waals surface area contributed by atoms with Crippen LogP contribution in [0.15, 0.2) is 12.1 Å². The minimum Gasteiger partial charge on any atom is -0.493 e. The van der Waals surface area contributed by atoms with E-state index in [2.05, 4.69) is 10.6 Å². The van der Waals surface area contributed by atoms with Gasteiger partial charge >= 0.3 is 0 Å². The molecule has 1 aliphatic heterocycles. The Hall–Kier alpha value is -1.95. The van der Waals surface area contributed by atoms with Gasteiger partial charge in [0, 0.05) is 13.1 Å². The van der Waals surface area contributed by atoms with Crippen molar-refractivity contribution >= 4 is 5.91 Å². The van der Waals surface area contributed by atoms with E-state index in [1.807, 2.05) is 19.1 Å². The summed E-state index contributed by atoms with van der Waals surface area (Å²) in [7, 11) is 1.59. The van der Waals surface area contributed by atoms with Gasteiger partial charge in [0.05, 0.1) is 13.7 Å². The molecule has 0 bridgehead atoms. The average Bonchev–Trinajstić information content (AvgIpc) is 2.86. The molecule has 1 heterocycles. The Morgan fingerprint density at radius 2 is 2.26 bits per heavy atom. The summed E-state index contributed by atoms with van der Waals surface area (Å²) in [6.45, 7) is 3.58. The lowest BCUT2D eigenvalue weighted by Crippen LogP contribution is -2.33. The van der Waals surface area contributed by atoms with Crippen molar-refractivity contribution in [3.05, 3.63) is 17.7 Å². The van der Waals surface area contributed by atoms with E-state index in [0.717, 1.165) is 5.56 Å². The SMILES string of the molecule is CCNC(=O)CNCc1cc(OC)c2c(c1)OCO2. The highest BCUT2D eigenvalue weighted by molar-refractivity contribution is 5.77. The van der Waals surface area contributed by atoms with Crippen LogP contribution in [0.5, 0.6) is 17.2 Å². The average molecular weight is 266 g/mol. The van der Waals surface area contributed by atoms with Crippen molar-refractivity contribution in [1.82, 2.24) is 10.6 Å². The molecule has 6 heteroatoms. The van der Waals surface area contributed by atoms with Gasteiger partial charge in [-0.2, -0.15) is 0 Å². The van der Waals surface area contributed by atoms with Crippen LogP contribution in [0.1, 0.15) is 12.5 Å². The third-order valence-electron chi connectivity index (χ3n) is 2.71. The largest absolute Gasteiger partial charge is 0.493 e. The molecule has 0 aliphatic carbocycles. The van der Waals surface area contributed by atoms with Crippen LogP contribution in [0, 0.1) is 0 Å². The highest BCUT2D eigenvalue weighted by Gasteiger charge is 2.19. The molecule has 1 amide bonds. The van der Waals surface area contributed by atoms with Crippen LogP contribution in [0.3, 0.4) is 0 Å². The molecule has 0 radical (unpaired) electrons. The fourth-order valence-corrected chi connectivity index (χ4v) is 1.87. The second-order valence-corrected chi connectivity index (χ2v) is 4.09. The number of ether oxygens (including phenoxy) is 3. The number of benzene rings is 1. The third-order valence-corrected chi connectivity index (χ3v) is 2.71. The number of methoxy groups -OCH3 is 1. The van der Waals surface area contributed by atoms with Crippen molar-refractivity contribution in [2.75, 3.05) is 27.0 Å². The van der Waals surface area contributed by atoms with E-state index in [1.165, 1.54) is 0 Å². The van der Waals surface area contributed by atoms with E-state index in [4.69, 9.17) is 14.2 Å². The van der Waals surface area contributed by atoms with E-state index in [-0.39, 0.29) is 19.2 Å². The zero-order valence-corrected chi connectivity index (χ0v) is 11.1. The zero-order chi connectivity index (χ0) is 13.7. The predicted octanol–water partition coefficient (Wildman–Crippen LogP) is 0.650. The summed E-state index contributed by atoms with van der Waals surface area (Å²) in [5.74, 6) is 1.93. The van der Waals surface area contributed by atoms with Crippen LogP contribution in [-0.4, -0.2) is 32.9 Å². The fraction of sp³-hybridized carbons (Fsp3) is 0.462. The maximum atomic E-state index is 11.3. The van der Waals surface area contributed by atoms with Crippen molar-refractivity contribution in [2.24, 2.45) is 0 Å². The molecule has 104 valence electrons. The summed E-state index contributed by atoms with van der Waals surface area (Å²) in [6.07, 6.45) is 0. The van der Waals surface area contributed by atoms with Crippen LogP contribution in [-0.2, 0) is 11.3 Å². The molecule has 6 nitrogen and oxygen atoms in total. The van der Waals surface area contributed by atoms with Gasteiger partial charge in [-0.25, -0.2) is 0 Å². The second-order valence-electron chi connectivity index (χ2n) is 4.09. The molecule has 0 saturated carbocycles. The number of carbonyl (C=O) groups is 1. The number of nitrogens with one attached hydrogen (secondary N) is 2. The van der Waals surface area contributed by atoms with E-state index < -0.39 is 0 Å². The third kappa shape index (κ3) is 3.29. The number of likely N-dealkylation sites (N-methyl/N-ethyl adjacent to an activating group) is 1. The first-order valence-corrected chi connectivity index (χ1v) is 6.18. The maximum Gasteiger partial charge on any atom is 0.233 e. The van der Waals surface area contributed by atoms with E-state index in [9.17, 15) is 4.79 Å². The first-order chi connectivity index (χ1) is 9.24. The van der Waals surface area contributed by atoms with E-state index >= 15 is 0 Å². The van der Waals surface area contributed by atoms with Gasteiger partial charge in [-0.05, 0) is 24.6 Å². The van der Waals surface area contributed by atoms with Crippen molar-refractivity contribution in [2.45, 2.75) is 13.5 Å². The van der Waals surface area contributed by atoms with Crippen LogP contribution in [0.4, 0.5) is 0 Å². The normalized spacial score (nSPS) is 12.3. The first-order valence-electron chi connectivity index (χ1n) is 6.18. The first kappa shape index (κ1) is 13.5. The van der Waals surface area contributed by atoms with Gasteiger partial charge in [0.2, 0.25) is 18.4 Å². The Morgan fingerprint density at radius 1 is 1.42 bits per heavy atom. The van der Waals surface area contributed by atoms with Crippen LogP contribution in [0.25, 0.3) is 0 Å². The molecule has 0 atom stereocenters. The minimum atomic E-state index is -0.0183. The topological polar surface area (TPSA) is 68.8 Å². The Kier molecular flexibility index (Phi) is 4.46. The highest BCUT2D eigenvalue weighted by Crippen LogP contribution is 2.41. The van der Waals surface area contributed by atoms with Gasteiger partial charge in [0.25, 0.3) is 0 Å². The zero-order valence-electron chi connectivity index (χ0n) is 11.1. The Morgan fingerprint density at radius 3 is 3.00 bits per heavy atom. The fourth-order valence-electron chi connectivity index (χ4n) is 1.87. The quantitative estimate of drug-likeness (QED) is 0.791. The Bertz CT molecular complexity index is 462. The van der Waals surface area contributed by atoms with Gasteiger partial charge in [0.1, 0.15) is 0 Å². The summed E-state index contributed by atoms with van der Waals surface area (Å²) < 4.78 is 15.9. The van der Waals surface area contributed by atoms with Crippen molar-refractivity contribution < 1.29 is 19.0 Å². The van der Waals surface area contributed by atoms with Gasteiger partial charge in [0.15, 0.2) is 11.5 Å². The van der Waals surface area contributed by atoms with Crippen LogP contribution < -0.4 is 24.8 Å². The van der Waals surface area contributed by atoms with Gasteiger partial charge in [-0.15, -0.1) is 0 Å². The number of hydrogen-bond donors (Lipinski definition) is 2. The summed E-state index contributed by atoms with van der Waals surface area (Å²) in [6, 6.07) is 3.76. The Balaban J connectivity index is 1.96. The monoisotopic (exact) mass is 266 g/mol. The molecule has 0 fully saturated rings. The number of amides is 1. The number of fused-ring (bicyclic) bond motifs is 1. The molecule has 0 spiro atoms. The predicted molar refractivity (Wildman–Crippen MR) is 69.5 cm³/mol. The summed E-state index contributed by atoms with van der Waals surface area (Å²) in [5.41, 5.74) is 0.977. The number of hydrogen-bond acceptors (Lipinski definition) is 5. The molecule has 0 unspecified atom stereocenters. The van der Waals surface area contributed by atoms with E-state index in [0.29, 0.717) is 30.3 Å². The molecule has 2 rings (SSSR count). The highest BCUT2D eigenvalue weighted by atomic mass is 16.7. The molecule has 0 saturated heterocycles.